The second-order valence-corrected chi connectivity index (χ2v) is 8.68. The van der Waals surface area contributed by atoms with E-state index in [0.717, 1.165) is 5.56 Å². The lowest BCUT2D eigenvalue weighted by Crippen LogP contribution is -2.49. The van der Waals surface area contributed by atoms with Crippen LogP contribution in [0.25, 0.3) is 0 Å². The first-order valence-corrected chi connectivity index (χ1v) is 10.8. The number of carbonyl (C=O) groups is 1. The van der Waals surface area contributed by atoms with Crippen LogP contribution in [0.1, 0.15) is 11.7 Å². The van der Waals surface area contributed by atoms with Crippen molar-refractivity contribution < 1.29 is 17.9 Å². The summed E-state index contributed by atoms with van der Waals surface area (Å²) in [5.74, 6) is 0. The van der Waals surface area contributed by atoms with Gasteiger partial charge >= 0.3 is 6.03 Å². The monoisotopic (exact) mass is 401 g/mol. The summed E-state index contributed by atoms with van der Waals surface area (Å²) < 4.78 is 33.4. The number of morpholine rings is 1. The summed E-state index contributed by atoms with van der Waals surface area (Å²) in [4.78, 5) is 16.8. The Morgan fingerprint density at radius 2 is 1.46 bits per heavy atom. The molecule has 2 aromatic rings. The Balaban J connectivity index is 1.70. The zero-order chi connectivity index (χ0) is 19.6. The maximum absolute atomic E-state index is 13.3. The Bertz CT molecular complexity index is 915. The number of hydrogen-bond donors (Lipinski definition) is 0. The Hall–Kier alpha value is -2.42. The highest BCUT2D eigenvalue weighted by Gasteiger charge is 2.44. The van der Waals surface area contributed by atoms with E-state index in [1.165, 1.54) is 4.31 Å². The van der Waals surface area contributed by atoms with Crippen molar-refractivity contribution in [2.24, 2.45) is 0 Å². The number of ether oxygens (including phenoxy) is 1. The first-order valence-electron chi connectivity index (χ1n) is 9.34. The topological polar surface area (TPSA) is 70.2 Å². The van der Waals surface area contributed by atoms with Crippen molar-refractivity contribution in [3.8, 4) is 0 Å². The maximum atomic E-state index is 13.3. The van der Waals surface area contributed by atoms with E-state index in [0.29, 0.717) is 32.8 Å². The molecule has 7 nitrogen and oxygen atoms in total. The van der Waals surface area contributed by atoms with Gasteiger partial charge in [-0.25, -0.2) is 13.2 Å². The molecule has 28 heavy (non-hydrogen) atoms. The molecule has 0 bridgehead atoms. The highest BCUT2D eigenvalue weighted by atomic mass is 32.2. The van der Waals surface area contributed by atoms with Crippen LogP contribution in [0.2, 0.25) is 0 Å². The second kappa shape index (κ2) is 7.90. The van der Waals surface area contributed by atoms with Crippen LogP contribution in [-0.4, -0.2) is 67.9 Å². The fourth-order valence-electron chi connectivity index (χ4n) is 3.69. The lowest BCUT2D eigenvalue weighted by Gasteiger charge is -2.35. The largest absolute Gasteiger partial charge is 0.378 e. The molecule has 0 radical (unpaired) electrons. The highest BCUT2D eigenvalue weighted by molar-refractivity contribution is 7.89. The number of benzene rings is 2. The summed E-state index contributed by atoms with van der Waals surface area (Å²) in [6, 6.07) is 17.5. The molecule has 0 spiro atoms. The third kappa shape index (κ3) is 3.50. The molecule has 0 N–H and O–H groups in total. The van der Waals surface area contributed by atoms with Crippen LogP contribution in [0.15, 0.2) is 65.6 Å². The molecular formula is C20H23N3O4S. The minimum atomic E-state index is -3.74. The van der Waals surface area contributed by atoms with Gasteiger partial charge in [0.25, 0.3) is 0 Å². The lowest BCUT2D eigenvalue weighted by atomic mass is 10.1. The quantitative estimate of drug-likeness (QED) is 0.790. The summed E-state index contributed by atoms with van der Waals surface area (Å²) in [7, 11) is -3.74. The summed E-state index contributed by atoms with van der Waals surface area (Å²) >= 11 is 0. The zero-order valence-corrected chi connectivity index (χ0v) is 16.3. The van der Waals surface area contributed by atoms with E-state index >= 15 is 0 Å². The third-order valence-corrected chi connectivity index (χ3v) is 6.97. The predicted molar refractivity (Wildman–Crippen MR) is 104 cm³/mol. The first kappa shape index (κ1) is 18.9. The summed E-state index contributed by atoms with van der Waals surface area (Å²) in [5, 5.41) is 0. The van der Waals surface area contributed by atoms with Gasteiger partial charge in [-0.05, 0) is 17.7 Å². The number of nitrogens with zero attached hydrogens (tertiary/aromatic N) is 3. The molecule has 2 aliphatic rings. The minimum absolute atomic E-state index is 0.150. The van der Waals surface area contributed by atoms with Crippen molar-refractivity contribution in [3.05, 3.63) is 66.2 Å². The standard InChI is InChI=1S/C20H23N3O4S/c24-20(21-13-15-27-16-14-21)22-11-12-23(19(22)17-7-3-1-4-8-17)28(25,26)18-9-5-2-6-10-18/h1-10,19H,11-16H2/t19-/m1/s1. The minimum Gasteiger partial charge on any atom is -0.378 e. The molecule has 0 unspecified atom stereocenters. The van der Waals surface area contributed by atoms with Crippen molar-refractivity contribution in [2.45, 2.75) is 11.1 Å². The molecular weight excluding hydrogens is 378 g/mol. The molecule has 2 fully saturated rings. The van der Waals surface area contributed by atoms with Gasteiger partial charge in [0.2, 0.25) is 10.0 Å². The van der Waals surface area contributed by atoms with E-state index in [1.807, 2.05) is 30.3 Å². The van der Waals surface area contributed by atoms with Crippen molar-refractivity contribution in [2.75, 3.05) is 39.4 Å². The van der Waals surface area contributed by atoms with E-state index in [9.17, 15) is 13.2 Å². The normalized spacial score (nSPS) is 21.1. The molecule has 8 heteroatoms. The molecule has 2 amide bonds. The van der Waals surface area contributed by atoms with Crippen LogP contribution >= 0.6 is 0 Å². The lowest BCUT2D eigenvalue weighted by molar-refractivity contribution is 0.0400. The van der Waals surface area contributed by atoms with E-state index in [4.69, 9.17) is 4.74 Å². The molecule has 2 aromatic carbocycles. The van der Waals surface area contributed by atoms with E-state index < -0.39 is 16.2 Å². The van der Waals surface area contributed by atoms with Crippen LogP contribution in [0.3, 0.4) is 0 Å². The summed E-state index contributed by atoms with van der Waals surface area (Å²) in [5.41, 5.74) is 0.779. The SMILES string of the molecule is O=C(N1CCOCC1)N1CCN(S(=O)(=O)c2ccccc2)[C@@H]1c1ccccc1. The van der Waals surface area contributed by atoms with E-state index in [-0.39, 0.29) is 17.5 Å². The molecule has 0 aliphatic carbocycles. The molecule has 2 heterocycles. The molecule has 2 aliphatic heterocycles. The van der Waals surface area contributed by atoms with Gasteiger partial charge in [0.1, 0.15) is 6.17 Å². The Morgan fingerprint density at radius 1 is 0.857 bits per heavy atom. The fraction of sp³-hybridized carbons (Fsp3) is 0.350. The number of sulfonamides is 1. The van der Waals surface area contributed by atoms with Crippen LogP contribution < -0.4 is 0 Å². The van der Waals surface area contributed by atoms with Crippen LogP contribution in [0.5, 0.6) is 0 Å². The van der Waals surface area contributed by atoms with Crippen molar-refractivity contribution in [3.63, 3.8) is 0 Å². The fourth-order valence-corrected chi connectivity index (χ4v) is 5.29. The van der Waals surface area contributed by atoms with E-state index in [1.54, 1.807) is 40.1 Å². The smallest absolute Gasteiger partial charge is 0.321 e. The number of amides is 2. The van der Waals surface area contributed by atoms with Gasteiger partial charge in [-0.15, -0.1) is 0 Å². The first-order chi connectivity index (χ1) is 13.6. The molecule has 2 saturated heterocycles. The number of hydrogen-bond acceptors (Lipinski definition) is 4. The number of urea groups is 1. The second-order valence-electron chi connectivity index (χ2n) is 6.79. The van der Waals surface area contributed by atoms with Gasteiger partial charge in [-0.3, -0.25) is 0 Å². The summed E-state index contributed by atoms with van der Waals surface area (Å²) in [6.45, 7) is 2.64. The van der Waals surface area contributed by atoms with Gasteiger partial charge in [0.15, 0.2) is 0 Å². The Labute approximate surface area is 165 Å². The average molecular weight is 401 g/mol. The molecule has 0 saturated carbocycles. The number of rotatable bonds is 3. The predicted octanol–water partition coefficient (Wildman–Crippen LogP) is 2.14. The summed E-state index contributed by atoms with van der Waals surface area (Å²) in [6.07, 6.45) is -0.665. The maximum Gasteiger partial charge on any atom is 0.321 e. The zero-order valence-electron chi connectivity index (χ0n) is 15.5. The number of carbonyl (C=O) groups excluding carboxylic acids is 1. The van der Waals surface area contributed by atoms with Crippen molar-refractivity contribution in [1.29, 1.82) is 0 Å². The Morgan fingerprint density at radius 3 is 2.11 bits per heavy atom. The van der Waals surface area contributed by atoms with Crippen molar-refractivity contribution >= 4 is 16.1 Å². The molecule has 4 rings (SSSR count). The van der Waals surface area contributed by atoms with E-state index in [2.05, 4.69) is 0 Å². The molecule has 0 aromatic heterocycles. The van der Waals surface area contributed by atoms with Crippen LogP contribution in [-0.2, 0) is 14.8 Å². The van der Waals surface area contributed by atoms with Crippen molar-refractivity contribution in [1.82, 2.24) is 14.1 Å². The van der Waals surface area contributed by atoms with Gasteiger partial charge in [-0.2, -0.15) is 4.31 Å². The average Bonchev–Trinajstić information content (AvgIpc) is 3.21. The van der Waals surface area contributed by atoms with Crippen LogP contribution in [0.4, 0.5) is 4.79 Å². The van der Waals surface area contributed by atoms with Crippen LogP contribution in [0, 0.1) is 0 Å². The van der Waals surface area contributed by atoms with Gasteiger partial charge in [0.05, 0.1) is 18.1 Å². The molecule has 148 valence electrons. The van der Waals surface area contributed by atoms with Gasteiger partial charge < -0.3 is 14.5 Å². The Kier molecular flexibility index (Phi) is 5.34. The highest BCUT2D eigenvalue weighted by Crippen LogP contribution is 2.35. The van der Waals surface area contributed by atoms with Gasteiger partial charge in [0, 0.05) is 26.2 Å². The van der Waals surface area contributed by atoms with Gasteiger partial charge in [-0.1, -0.05) is 48.5 Å². The third-order valence-electron chi connectivity index (χ3n) is 5.10. The molecule has 1 atom stereocenters.